The number of aryl methyl sites for hydroxylation is 1. The van der Waals surface area contributed by atoms with Crippen LogP contribution in [0, 0.1) is 19.0 Å². The zero-order valence-electron chi connectivity index (χ0n) is 38.7. The number of rotatable bonds is 7. The fourth-order valence-corrected chi connectivity index (χ4v) is 9.46. The molecule has 0 atom stereocenters. The molecule has 6 heteroatoms. The Hall–Kier alpha value is -6.17. The number of aromatic nitrogens is 3. The molecule has 0 fully saturated rings. The van der Waals surface area contributed by atoms with E-state index in [2.05, 4.69) is 144 Å². The SMILES string of the molecule is [2H]C([2H])([2H])c1c[c-]c(-c2cc(C([2H])(C)C)c([Si](C)(C)C)cn2)cc1.[Ir].[c-]1ccc2c(oc3ccccc32)c1-c1nc2ccccc2n1-c1cc(-c2ccccc2)ccc1-c1ccccc1. The molecule has 3 heterocycles. The third-order valence-corrected chi connectivity index (χ3v) is 12.9. The Bertz CT molecular complexity index is 3280. The smallest absolute Gasteiger partial charge is 0.120 e. The van der Waals surface area contributed by atoms with Crippen molar-refractivity contribution in [1.82, 2.24) is 14.5 Å². The number of hydrogen-bond acceptors (Lipinski definition) is 3. The average Bonchev–Trinajstić information content (AvgIpc) is 3.88. The zero-order chi connectivity index (χ0) is 44.8. The first-order valence-corrected chi connectivity index (χ1v) is 23.7. The van der Waals surface area contributed by atoms with Gasteiger partial charge in [-0.05, 0) is 57.7 Å². The number of fused-ring (bicyclic) bond motifs is 4. The molecule has 0 aliphatic rings. The van der Waals surface area contributed by atoms with Crippen LogP contribution in [0.2, 0.25) is 19.6 Å². The van der Waals surface area contributed by atoms with Crippen molar-refractivity contribution in [3.63, 3.8) is 0 Å². The predicted molar refractivity (Wildman–Crippen MR) is 254 cm³/mol. The number of hydrogen-bond donors (Lipinski definition) is 0. The summed E-state index contributed by atoms with van der Waals surface area (Å²) >= 11 is 0. The molecule has 61 heavy (non-hydrogen) atoms. The molecule has 0 aliphatic carbocycles. The van der Waals surface area contributed by atoms with Gasteiger partial charge in [-0.25, -0.2) is 0 Å². The topological polar surface area (TPSA) is 43.9 Å². The van der Waals surface area contributed by atoms with Crippen molar-refractivity contribution in [3.8, 4) is 50.6 Å². The summed E-state index contributed by atoms with van der Waals surface area (Å²) in [5.74, 6) is 0.0830. The molecule has 0 bridgehead atoms. The van der Waals surface area contributed by atoms with Crippen molar-refractivity contribution >= 4 is 46.2 Å². The minimum absolute atomic E-state index is 0. The van der Waals surface area contributed by atoms with Crippen molar-refractivity contribution in [1.29, 1.82) is 0 Å². The van der Waals surface area contributed by atoms with Gasteiger partial charge in [0.05, 0.1) is 30.5 Å². The summed E-state index contributed by atoms with van der Waals surface area (Å²) in [5, 5.41) is 3.33. The van der Waals surface area contributed by atoms with E-state index < -0.39 is 20.8 Å². The van der Waals surface area contributed by atoms with E-state index in [1.807, 2.05) is 62.5 Å². The van der Waals surface area contributed by atoms with Crippen molar-refractivity contribution in [2.75, 3.05) is 0 Å². The second-order valence-electron chi connectivity index (χ2n) is 16.3. The second-order valence-corrected chi connectivity index (χ2v) is 21.3. The summed E-state index contributed by atoms with van der Waals surface area (Å²) in [6.07, 6.45) is 1.89. The van der Waals surface area contributed by atoms with Gasteiger partial charge in [-0.15, -0.1) is 53.6 Å². The van der Waals surface area contributed by atoms with E-state index >= 15 is 0 Å². The second kappa shape index (κ2) is 17.4. The van der Waals surface area contributed by atoms with E-state index in [-0.39, 0.29) is 25.7 Å². The summed E-state index contributed by atoms with van der Waals surface area (Å²) in [7, 11) is -1.61. The van der Waals surface area contributed by atoms with Crippen LogP contribution < -0.4 is 5.19 Å². The van der Waals surface area contributed by atoms with Gasteiger partial charge >= 0.3 is 0 Å². The molecule has 303 valence electrons. The molecule has 10 aromatic rings. The van der Waals surface area contributed by atoms with E-state index in [0.29, 0.717) is 0 Å². The summed E-state index contributed by atoms with van der Waals surface area (Å²) in [5.41, 5.74) is 12.8. The Labute approximate surface area is 379 Å². The Balaban J connectivity index is 0.000000199. The van der Waals surface area contributed by atoms with Crippen LogP contribution in [0.5, 0.6) is 0 Å². The standard InChI is InChI=1S/C37H23N2O.C18H24NSi.Ir/c1-3-12-25(13-4-1)27-22-23-28(26-14-5-2-6-15-26)34(24-27)39-33-20-9-8-19-32(33)38-37(39)31-18-11-17-30-29-16-7-10-21-35(29)40-36(30)31;1-13(2)16-11-17(15-9-7-14(3)8-10-15)19-12-18(16)20(4,5)6;/h1-17,19-24H;7-9,11-13H,1-6H3;/q2*-1;/i;3D3,13D;. The van der Waals surface area contributed by atoms with Crippen LogP contribution in [-0.2, 0) is 20.1 Å². The van der Waals surface area contributed by atoms with E-state index in [1.165, 1.54) is 16.8 Å². The van der Waals surface area contributed by atoms with E-state index in [1.54, 1.807) is 12.1 Å². The molecule has 0 saturated heterocycles. The number of benzene rings is 7. The number of para-hydroxylation sites is 3. The minimum atomic E-state index is -2.13. The van der Waals surface area contributed by atoms with E-state index in [9.17, 15) is 0 Å². The molecule has 0 spiro atoms. The Morgan fingerprint density at radius 2 is 1.44 bits per heavy atom. The van der Waals surface area contributed by atoms with Gasteiger partial charge in [0, 0.05) is 48.4 Å². The summed E-state index contributed by atoms with van der Waals surface area (Å²) < 4.78 is 39.5. The van der Waals surface area contributed by atoms with Gasteiger partial charge in [0.15, 0.2) is 0 Å². The molecule has 0 saturated carbocycles. The van der Waals surface area contributed by atoms with Crippen LogP contribution in [0.25, 0.3) is 83.6 Å². The van der Waals surface area contributed by atoms with Gasteiger partial charge in [-0.2, -0.15) is 0 Å². The molecule has 7 aromatic carbocycles. The Morgan fingerprint density at radius 3 is 2.16 bits per heavy atom. The van der Waals surface area contributed by atoms with Gasteiger partial charge in [0.1, 0.15) is 5.58 Å². The Morgan fingerprint density at radius 1 is 0.721 bits per heavy atom. The van der Waals surface area contributed by atoms with Gasteiger partial charge in [-0.3, -0.25) is 4.98 Å². The monoisotopic (exact) mass is 990 g/mol. The molecule has 10 rings (SSSR count). The van der Waals surface area contributed by atoms with Crippen LogP contribution in [-0.4, -0.2) is 22.6 Å². The van der Waals surface area contributed by atoms with E-state index in [4.69, 9.17) is 14.9 Å². The van der Waals surface area contributed by atoms with Crippen molar-refractivity contribution in [3.05, 3.63) is 193 Å². The minimum Gasteiger partial charge on any atom is -0.501 e. The van der Waals surface area contributed by atoms with Gasteiger partial charge in [0.25, 0.3) is 0 Å². The molecular formula is C55H47IrN3OSi-2. The Kier molecular flexibility index (Phi) is 10.5. The largest absolute Gasteiger partial charge is 0.501 e. The molecule has 4 nitrogen and oxygen atoms in total. The average molecular weight is 990 g/mol. The maximum Gasteiger partial charge on any atom is 0.120 e. The molecule has 0 unspecified atom stereocenters. The first kappa shape index (κ1) is 36.7. The van der Waals surface area contributed by atoms with Crippen LogP contribution in [0.4, 0.5) is 0 Å². The number of nitrogens with zero attached hydrogens (tertiary/aromatic N) is 3. The normalized spacial score (nSPS) is 12.8. The van der Waals surface area contributed by atoms with Crippen LogP contribution in [0.1, 0.15) is 36.4 Å². The number of pyridine rings is 1. The van der Waals surface area contributed by atoms with Crippen LogP contribution in [0.3, 0.4) is 0 Å². The van der Waals surface area contributed by atoms with Gasteiger partial charge in [0.2, 0.25) is 0 Å². The van der Waals surface area contributed by atoms with Crippen molar-refractivity contribution in [2.45, 2.75) is 46.2 Å². The van der Waals surface area contributed by atoms with Crippen LogP contribution >= 0.6 is 0 Å². The fraction of sp³-hybridized carbons (Fsp3) is 0.127. The molecule has 1 radical (unpaired) electrons. The number of furan rings is 1. The van der Waals surface area contributed by atoms with Crippen LogP contribution in [0.15, 0.2) is 174 Å². The maximum atomic E-state index is 8.48. The third kappa shape index (κ3) is 8.32. The first-order chi connectivity index (χ1) is 30.6. The van der Waals surface area contributed by atoms with E-state index in [0.717, 1.165) is 83.6 Å². The van der Waals surface area contributed by atoms with Gasteiger partial charge in [-0.1, -0.05) is 166 Å². The zero-order valence-corrected chi connectivity index (χ0v) is 38.1. The maximum absolute atomic E-state index is 8.48. The summed E-state index contributed by atoms with van der Waals surface area (Å²) in [6, 6.07) is 61.6. The fourth-order valence-electron chi connectivity index (χ4n) is 7.88. The predicted octanol–water partition coefficient (Wildman–Crippen LogP) is 14.2. The molecule has 0 N–H and O–H groups in total. The summed E-state index contributed by atoms with van der Waals surface area (Å²) in [6.45, 7) is 8.38. The molecule has 0 aliphatic heterocycles. The summed E-state index contributed by atoms with van der Waals surface area (Å²) in [4.78, 5) is 9.75. The molecule has 0 amide bonds. The third-order valence-electron chi connectivity index (χ3n) is 10.9. The quantitative estimate of drug-likeness (QED) is 0.118. The molecular weight excluding hydrogens is 939 g/mol. The molecule has 3 aromatic heterocycles. The van der Waals surface area contributed by atoms with Crippen molar-refractivity contribution < 1.29 is 30.0 Å². The van der Waals surface area contributed by atoms with Crippen molar-refractivity contribution in [2.24, 2.45) is 0 Å². The van der Waals surface area contributed by atoms with Gasteiger partial charge < -0.3 is 14.0 Å². The number of imidazole rings is 1. The first-order valence-electron chi connectivity index (χ1n) is 22.2.